The number of benzene rings is 1. The van der Waals surface area contributed by atoms with Gasteiger partial charge < -0.3 is 10.2 Å². The van der Waals surface area contributed by atoms with Crippen LogP contribution in [0.25, 0.3) is 0 Å². The van der Waals surface area contributed by atoms with E-state index in [1.54, 1.807) is 11.8 Å². The van der Waals surface area contributed by atoms with Gasteiger partial charge in [-0.25, -0.2) is 0 Å². The molecule has 1 aromatic heterocycles. The molecule has 1 amide bonds. The summed E-state index contributed by atoms with van der Waals surface area (Å²) >= 11 is 5.04. The molecule has 5 nitrogen and oxygen atoms in total. The van der Waals surface area contributed by atoms with Crippen molar-refractivity contribution in [1.82, 2.24) is 15.5 Å². The van der Waals surface area contributed by atoms with Crippen molar-refractivity contribution in [3.05, 3.63) is 40.9 Å². The molecule has 27 heavy (non-hydrogen) atoms. The number of carbonyl (C=O) groups is 1. The van der Waals surface area contributed by atoms with Crippen molar-refractivity contribution in [2.45, 2.75) is 49.1 Å². The van der Waals surface area contributed by atoms with Crippen molar-refractivity contribution >= 4 is 39.4 Å². The minimum Gasteiger partial charge on any atom is -0.355 e. The van der Waals surface area contributed by atoms with Gasteiger partial charge in [0.25, 0.3) is 0 Å². The van der Waals surface area contributed by atoms with Gasteiger partial charge >= 0.3 is 0 Å². The second kappa shape index (κ2) is 9.55. The highest BCUT2D eigenvalue weighted by atomic mass is 79.9. The summed E-state index contributed by atoms with van der Waals surface area (Å²) in [5, 5.41) is 12.7. The molecule has 0 aliphatic carbocycles. The third kappa shape index (κ3) is 5.69. The molecule has 1 saturated heterocycles. The third-order valence-corrected chi connectivity index (χ3v) is 6.32. The highest BCUT2D eigenvalue weighted by molar-refractivity contribution is 9.10. The molecule has 0 radical (unpaired) electrons. The number of carbonyl (C=O) groups excluding carboxylic acids is 1. The SMILES string of the molecule is CC[C@H](C)NC(=O)C1CCN(c2ccc(Sc3ccc(Br)cc3)nn2)CC1. The molecule has 1 aromatic carbocycles. The molecule has 7 heteroatoms. The summed E-state index contributed by atoms with van der Waals surface area (Å²) in [6.07, 6.45) is 2.68. The van der Waals surface area contributed by atoms with Gasteiger partial charge in [0.05, 0.1) is 0 Å². The number of amides is 1. The molecular formula is C20H25BrN4OS. The summed E-state index contributed by atoms with van der Waals surface area (Å²) in [5.74, 6) is 1.18. The minimum absolute atomic E-state index is 0.107. The Labute approximate surface area is 173 Å². The molecule has 3 rings (SSSR count). The Hall–Kier alpha value is -1.60. The molecule has 1 atom stereocenters. The smallest absolute Gasteiger partial charge is 0.223 e. The Morgan fingerprint density at radius 2 is 1.93 bits per heavy atom. The van der Waals surface area contributed by atoms with E-state index in [0.717, 1.165) is 52.6 Å². The van der Waals surface area contributed by atoms with Crippen LogP contribution in [-0.4, -0.2) is 35.2 Å². The number of aromatic nitrogens is 2. The van der Waals surface area contributed by atoms with Crippen molar-refractivity contribution in [3.63, 3.8) is 0 Å². The van der Waals surface area contributed by atoms with Crippen molar-refractivity contribution in [2.75, 3.05) is 18.0 Å². The zero-order chi connectivity index (χ0) is 19.2. The lowest BCUT2D eigenvalue weighted by molar-refractivity contribution is -0.126. The number of rotatable bonds is 6. The predicted molar refractivity (Wildman–Crippen MR) is 113 cm³/mol. The van der Waals surface area contributed by atoms with Crippen LogP contribution in [0.4, 0.5) is 5.82 Å². The maximum Gasteiger partial charge on any atom is 0.223 e. The van der Waals surface area contributed by atoms with Gasteiger partial charge in [0.2, 0.25) is 5.91 Å². The number of hydrogen-bond donors (Lipinski definition) is 1. The monoisotopic (exact) mass is 448 g/mol. The van der Waals surface area contributed by atoms with E-state index in [2.05, 4.69) is 62.3 Å². The number of piperidine rings is 1. The van der Waals surface area contributed by atoms with Gasteiger partial charge in [0, 0.05) is 34.4 Å². The number of halogens is 1. The van der Waals surface area contributed by atoms with Gasteiger partial charge in [-0.3, -0.25) is 4.79 Å². The van der Waals surface area contributed by atoms with Crippen LogP contribution in [0, 0.1) is 5.92 Å². The topological polar surface area (TPSA) is 58.1 Å². The Bertz CT molecular complexity index is 746. The lowest BCUT2D eigenvalue weighted by Crippen LogP contribution is -2.43. The zero-order valence-corrected chi connectivity index (χ0v) is 18.1. The van der Waals surface area contributed by atoms with Gasteiger partial charge in [0.15, 0.2) is 5.82 Å². The van der Waals surface area contributed by atoms with E-state index >= 15 is 0 Å². The minimum atomic E-state index is 0.107. The van der Waals surface area contributed by atoms with Crippen LogP contribution in [0.3, 0.4) is 0 Å². The summed E-state index contributed by atoms with van der Waals surface area (Å²) in [6.45, 7) is 5.82. The number of hydrogen-bond acceptors (Lipinski definition) is 5. The average molecular weight is 449 g/mol. The summed E-state index contributed by atoms with van der Waals surface area (Å²) < 4.78 is 1.06. The fourth-order valence-electron chi connectivity index (χ4n) is 2.99. The molecule has 0 saturated carbocycles. The number of nitrogens with zero attached hydrogens (tertiary/aromatic N) is 3. The third-order valence-electron chi connectivity index (χ3n) is 4.85. The standard InChI is InChI=1S/C20H25BrN4OS/c1-3-14(2)22-20(26)15-10-12-25(13-11-15)18-8-9-19(24-23-18)27-17-6-4-16(21)5-7-17/h4-9,14-15H,3,10-13H2,1-2H3,(H,22,26)/t14-/m0/s1. The first-order valence-electron chi connectivity index (χ1n) is 9.37. The highest BCUT2D eigenvalue weighted by Crippen LogP contribution is 2.28. The van der Waals surface area contributed by atoms with Crippen LogP contribution < -0.4 is 10.2 Å². The first-order valence-corrected chi connectivity index (χ1v) is 11.0. The quantitative estimate of drug-likeness (QED) is 0.703. The Morgan fingerprint density at radius 1 is 1.22 bits per heavy atom. The molecule has 1 N–H and O–H groups in total. The summed E-state index contributed by atoms with van der Waals surface area (Å²) in [5.41, 5.74) is 0. The van der Waals surface area contributed by atoms with Crippen LogP contribution in [0.2, 0.25) is 0 Å². The molecule has 144 valence electrons. The van der Waals surface area contributed by atoms with Gasteiger partial charge in [-0.05, 0) is 62.6 Å². The lowest BCUT2D eigenvalue weighted by Gasteiger charge is -2.32. The van der Waals surface area contributed by atoms with Crippen molar-refractivity contribution in [1.29, 1.82) is 0 Å². The van der Waals surface area contributed by atoms with E-state index in [4.69, 9.17) is 0 Å². The Morgan fingerprint density at radius 3 is 2.52 bits per heavy atom. The summed E-state index contributed by atoms with van der Waals surface area (Å²) in [6, 6.07) is 12.4. The molecule has 0 bridgehead atoms. The normalized spacial score (nSPS) is 16.2. The molecule has 2 aromatic rings. The summed E-state index contributed by atoms with van der Waals surface area (Å²) in [4.78, 5) is 15.6. The van der Waals surface area contributed by atoms with E-state index in [1.807, 2.05) is 24.3 Å². The van der Waals surface area contributed by atoms with Crippen LogP contribution in [0.15, 0.2) is 50.8 Å². The average Bonchev–Trinajstić information content (AvgIpc) is 2.70. The maximum absolute atomic E-state index is 12.3. The zero-order valence-electron chi connectivity index (χ0n) is 15.7. The molecule has 0 spiro atoms. The number of nitrogens with one attached hydrogen (secondary N) is 1. The van der Waals surface area contributed by atoms with Gasteiger partial charge in [0.1, 0.15) is 5.03 Å². The lowest BCUT2D eigenvalue weighted by atomic mass is 9.95. The van der Waals surface area contributed by atoms with E-state index in [-0.39, 0.29) is 17.9 Å². The number of anilines is 1. The largest absolute Gasteiger partial charge is 0.355 e. The molecule has 1 aliphatic heterocycles. The molecule has 0 unspecified atom stereocenters. The fourth-order valence-corrected chi connectivity index (χ4v) is 3.99. The van der Waals surface area contributed by atoms with Crippen LogP contribution >= 0.6 is 27.7 Å². The fraction of sp³-hybridized carbons (Fsp3) is 0.450. The molecule has 1 fully saturated rings. The van der Waals surface area contributed by atoms with Crippen molar-refractivity contribution in [2.24, 2.45) is 5.92 Å². The Balaban J connectivity index is 1.52. The maximum atomic E-state index is 12.3. The van der Waals surface area contributed by atoms with Gasteiger partial charge in [-0.2, -0.15) is 0 Å². The molecular weight excluding hydrogens is 424 g/mol. The molecule has 1 aliphatic rings. The van der Waals surface area contributed by atoms with Crippen molar-refractivity contribution < 1.29 is 4.79 Å². The molecule has 2 heterocycles. The van der Waals surface area contributed by atoms with E-state index < -0.39 is 0 Å². The predicted octanol–water partition coefficient (Wildman–Crippen LogP) is 4.52. The second-order valence-corrected chi connectivity index (χ2v) is 8.87. The van der Waals surface area contributed by atoms with Crippen LogP contribution in [-0.2, 0) is 4.79 Å². The van der Waals surface area contributed by atoms with Crippen molar-refractivity contribution in [3.8, 4) is 0 Å². The summed E-state index contributed by atoms with van der Waals surface area (Å²) in [7, 11) is 0. The van der Waals surface area contributed by atoms with Crippen LogP contribution in [0.1, 0.15) is 33.1 Å². The van der Waals surface area contributed by atoms with Gasteiger partial charge in [-0.15, -0.1) is 10.2 Å². The first-order chi connectivity index (χ1) is 13.0. The van der Waals surface area contributed by atoms with E-state index in [1.165, 1.54) is 0 Å². The van der Waals surface area contributed by atoms with E-state index in [0.29, 0.717) is 0 Å². The van der Waals surface area contributed by atoms with E-state index in [9.17, 15) is 4.79 Å². The first kappa shape index (κ1) is 20.1. The van der Waals surface area contributed by atoms with Gasteiger partial charge in [-0.1, -0.05) is 34.6 Å². The highest BCUT2D eigenvalue weighted by Gasteiger charge is 2.26. The Kier molecular flexibility index (Phi) is 7.13. The second-order valence-electron chi connectivity index (χ2n) is 6.86. The van der Waals surface area contributed by atoms with Crippen LogP contribution in [0.5, 0.6) is 0 Å².